The largest absolute Gasteiger partial charge is 0.393 e. The average Bonchev–Trinajstić information content (AvgIpc) is 2.90. The molecule has 1 aromatic carbocycles. The Morgan fingerprint density at radius 2 is 2.09 bits per heavy atom. The highest BCUT2D eigenvalue weighted by Gasteiger charge is 2.29. The zero-order chi connectivity index (χ0) is 17.0. The molecule has 4 nitrogen and oxygen atoms in total. The summed E-state index contributed by atoms with van der Waals surface area (Å²) >= 11 is 0. The van der Waals surface area contributed by atoms with Gasteiger partial charge in [-0.25, -0.2) is 9.18 Å². The molecule has 0 aliphatic heterocycles. The molecule has 0 heterocycles. The number of urea groups is 1. The number of amides is 2. The van der Waals surface area contributed by atoms with Gasteiger partial charge in [0.05, 0.1) is 6.10 Å². The molecule has 1 saturated carbocycles. The molecule has 1 fully saturated rings. The van der Waals surface area contributed by atoms with Crippen LogP contribution < -0.4 is 5.32 Å². The maximum Gasteiger partial charge on any atom is 0.317 e. The van der Waals surface area contributed by atoms with Gasteiger partial charge >= 0.3 is 6.03 Å². The molecule has 2 atom stereocenters. The van der Waals surface area contributed by atoms with Gasteiger partial charge in [-0.2, -0.15) is 0 Å². The first-order chi connectivity index (χ1) is 10.8. The molecule has 0 aromatic heterocycles. The first-order valence-corrected chi connectivity index (χ1v) is 8.23. The fourth-order valence-electron chi connectivity index (χ4n) is 3.20. The van der Waals surface area contributed by atoms with Crippen molar-refractivity contribution in [1.29, 1.82) is 0 Å². The van der Waals surface area contributed by atoms with Crippen LogP contribution in [0.3, 0.4) is 0 Å². The summed E-state index contributed by atoms with van der Waals surface area (Å²) in [7, 11) is 1.73. The van der Waals surface area contributed by atoms with Gasteiger partial charge in [0.2, 0.25) is 0 Å². The number of aliphatic hydroxyl groups is 1. The molecule has 1 aliphatic carbocycles. The summed E-state index contributed by atoms with van der Waals surface area (Å²) in [5, 5.41) is 12.7. The van der Waals surface area contributed by atoms with Gasteiger partial charge in [0, 0.05) is 31.5 Å². The molecule has 2 N–H and O–H groups in total. The van der Waals surface area contributed by atoms with E-state index in [9.17, 15) is 14.3 Å². The summed E-state index contributed by atoms with van der Waals surface area (Å²) in [4.78, 5) is 13.8. The van der Waals surface area contributed by atoms with E-state index >= 15 is 0 Å². The molecule has 0 spiro atoms. The van der Waals surface area contributed by atoms with Crippen LogP contribution in [0.1, 0.15) is 38.7 Å². The first kappa shape index (κ1) is 17.7. The number of rotatable bonds is 5. The normalized spacial score (nSPS) is 21.3. The van der Waals surface area contributed by atoms with Crippen molar-refractivity contribution in [3.05, 3.63) is 35.6 Å². The number of hydrogen-bond donors (Lipinski definition) is 2. The molecule has 2 rings (SSSR count). The van der Waals surface area contributed by atoms with Gasteiger partial charge in [0.15, 0.2) is 0 Å². The van der Waals surface area contributed by atoms with Crippen molar-refractivity contribution in [2.45, 2.75) is 44.6 Å². The minimum Gasteiger partial charge on any atom is -0.393 e. The Hall–Kier alpha value is -1.62. The fourth-order valence-corrected chi connectivity index (χ4v) is 3.20. The van der Waals surface area contributed by atoms with E-state index in [1.54, 1.807) is 30.1 Å². The van der Waals surface area contributed by atoms with Crippen LogP contribution in [0.2, 0.25) is 0 Å². The third-order valence-electron chi connectivity index (χ3n) is 4.76. The zero-order valence-electron chi connectivity index (χ0n) is 14.2. The zero-order valence-corrected chi connectivity index (χ0v) is 14.2. The molecule has 0 saturated heterocycles. The average molecular weight is 322 g/mol. The van der Waals surface area contributed by atoms with E-state index in [4.69, 9.17) is 0 Å². The van der Waals surface area contributed by atoms with Crippen LogP contribution in [-0.2, 0) is 5.41 Å². The van der Waals surface area contributed by atoms with Gasteiger partial charge in [-0.1, -0.05) is 38.5 Å². The summed E-state index contributed by atoms with van der Waals surface area (Å²) in [5.41, 5.74) is 0.100. The van der Waals surface area contributed by atoms with E-state index in [-0.39, 0.29) is 23.9 Å². The quantitative estimate of drug-likeness (QED) is 0.876. The Labute approximate surface area is 137 Å². The SMILES string of the molecule is CN(CC1CCCC1O)C(=O)NCC(C)(C)c1ccccc1F. The number of carbonyl (C=O) groups excluding carboxylic acids is 1. The Balaban J connectivity index is 1.89. The van der Waals surface area contributed by atoms with Gasteiger partial charge in [-0.05, 0) is 24.5 Å². The van der Waals surface area contributed by atoms with E-state index in [0.717, 1.165) is 19.3 Å². The second-order valence-electron chi connectivity index (χ2n) is 7.16. The Morgan fingerprint density at radius 3 is 2.70 bits per heavy atom. The van der Waals surface area contributed by atoms with Gasteiger partial charge in [0.25, 0.3) is 0 Å². The molecule has 2 amide bonds. The van der Waals surface area contributed by atoms with E-state index in [1.807, 2.05) is 13.8 Å². The van der Waals surface area contributed by atoms with Crippen LogP contribution in [-0.4, -0.2) is 42.3 Å². The topological polar surface area (TPSA) is 52.6 Å². The Morgan fingerprint density at radius 1 is 1.39 bits per heavy atom. The summed E-state index contributed by atoms with van der Waals surface area (Å²) < 4.78 is 13.9. The summed E-state index contributed by atoms with van der Waals surface area (Å²) in [6.45, 7) is 4.72. The minimum atomic E-state index is -0.491. The van der Waals surface area contributed by atoms with Crippen molar-refractivity contribution in [2.75, 3.05) is 20.1 Å². The number of hydrogen-bond acceptors (Lipinski definition) is 2. The second-order valence-corrected chi connectivity index (χ2v) is 7.16. The highest BCUT2D eigenvalue weighted by molar-refractivity contribution is 5.74. The van der Waals surface area contributed by atoms with Gasteiger partial charge in [-0.3, -0.25) is 0 Å². The van der Waals surface area contributed by atoms with Crippen LogP contribution in [0, 0.1) is 11.7 Å². The lowest BCUT2D eigenvalue weighted by atomic mass is 9.84. The maximum absolute atomic E-state index is 13.9. The van der Waals surface area contributed by atoms with Crippen LogP contribution >= 0.6 is 0 Å². The smallest absolute Gasteiger partial charge is 0.317 e. The lowest BCUT2D eigenvalue weighted by Crippen LogP contribution is -2.45. The van der Waals surface area contributed by atoms with E-state index in [2.05, 4.69) is 5.32 Å². The molecule has 5 heteroatoms. The number of carbonyl (C=O) groups is 1. The number of nitrogens with one attached hydrogen (secondary N) is 1. The van der Waals surface area contributed by atoms with E-state index in [1.165, 1.54) is 6.07 Å². The lowest BCUT2D eigenvalue weighted by molar-refractivity contribution is 0.113. The molecular formula is C18H27FN2O2. The van der Waals surface area contributed by atoms with Crippen LogP contribution in [0.4, 0.5) is 9.18 Å². The fraction of sp³-hybridized carbons (Fsp3) is 0.611. The van der Waals surface area contributed by atoms with Gasteiger partial charge < -0.3 is 15.3 Å². The molecule has 23 heavy (non-hydrogen) atoms. The summed E-state index contributed by atoms with van der Waals surface area (Å²) in [6, 6.07) is 6.46. The molecule has 0 radical (unpaired) electrons. The molecule has 1 aliphatic rings. The van der Waals surface area contributed by atoms with Gasteiger partial charge in [-0.15, -0.1) is 0 Å². The number of benzene rings is 1. The highest BCUT2D eigenvalue weighted by Crippen LogP contribution is 2.26. The van der Waals surface area contributed by atoms with Crippen molar-refractivity contribution < 1.29 is 14.3 Å². The molecule has 1 aromatic rings. The highest BCUT2D eigenvalue weighted by atomic mass is 19.1. The van der Waals surface area contributed by atoms with Crippen molar-refractivity contribution >= 4 is 6.03 Å². The lowest BCUT2D eigenvalue weighted by Gasteiger charge is -2.29. The predicted octanol–water partition coefficient (Wildman–Crippen LogP) is 2.91. The minimum absolute atomic E-state index is 0.158. The molecule has 0 bridgehead atoms. The maximum atomic E-state index is 13.9. The van der Waals surface area contributed by atoms with Crippen molar-refractivity contribution in [2.24, 2.45) is 5.92 Å². The van der Waals surface area contributed by atoms with Crippen molar-refractivity contribution in [3.63, 3.8) is 0 Å². The number of aliphatic hydroxyl groups excluding tert-OH is 1. The summed E-state index contributed by atoms with van der Waals surface area (Å²) in [5.74, 6) is -0.0977. The van der Waals surface area contributed by atoms with Gasteiger partial charge in [0.1, 0.15) is 5.82 Å². The van der Waals surface area contributed by atoms with E-state index in [0.29, 0.717) is 18.7 Å². The standard InChI is InChI=1S/C18H27FN2O2/c1-18(2,14-8-4-5-9-15(14)19)12-20-17(23)21(3)11-13-7-6-10-16(13)22/h4-5,8-9,13,16,22H,6-7,10-12H2,1-3H3,(H,20,23). The first-order valence-electron chi connectivity index (χ1n) is 8.23. The van der Waals surface area contributed by atoms with Crippen molar-refractivity contribution in [3.8, 4) is 0 Å². The molecule has 2 unspecified atom stereocenters. The number of nitrogens with zero attached hydrogens (tertiary/aromatic N) is 1. The van der Waals surface area contributed by atoms with E-state index < -0.39 is 5.41 Å². The third kappa shape index (κ3) is 4.44. The third-order valence-corrected chi connectivity index (χ3v) is 4.76. The molecular weight excluding hydrogens is 295 g/mol. The summed E-state index contributed by atoms with van der Waals surface area (Å²) in [6.07, 6.45) is 2.49. The predicted molar refractivity (Wildman–Crippen MR) is 88.8 cm³/mol. The van der Waals surface area contributed by atoms with Crippen LogP contribution in [0.5, 0.6) is 0 Å². The van der Waals surface area contributed by atoms with Crippen LogP contribution in [0.15, 0.2) is 24.3 Å². The monoisotopic (exact) mass is 322 g/mol. The number of halogens is 1. The second kappa shape index (κ2) is 7.30. The Kier molecular flexibility index (Phi) is 5.63. The Bertz CT molecular complexity index is 548. The van der Waals surface area contributed by atoms with Crippen molar-refractivity contribution in [1.82, 2.24) is 10.2 Å². The van der Waals surface area contributed by atoms with Crippen LogP contribution in [0.25, 0.3) is 0 Å². The molecule has 128 valence electrons.